The van der Waals surface area contributed by atoms with Gasteiger partial charge in [0.1, 0.15) is 18.5 Å². The van der Waals surface area contributed by atoms with Gasteiger partial charge in [-0.05, 0) is 80.5 Å². The molecule has 4 fully saturated rings. The summed E-state index contributed by atoms with van der Waals surface area (Å²) in [7, 11) is 2.11. The molecule has 2 N–H and O–H groups in total. The first-order valence-electron chi connectivity index (χ1n) is 14.1. The van der Waals surface area contributed by atoms with Gasteiger partial charge in [-0.2, -0.15) is 13.2 Å². The van der Waals surface area contributed by atoms with Crippen molar-refractivity contribution in [3.8, 4) is 5.75 Å². The van der Waals surface area contributed by atoms with Crippen LogP contribution in [-0.4, -0.2) is 54.4 Å². The SMILES string of the molecule is CN(CC(O)COc1ccccc1C(=O)NCc1ccc(C2(C(F)(F)F)N=N2)cc1)C1C2CC3CC(C2)CC1C3. The number of hydrogen-bond donors (Lipinski definition) is 2. The minimum absolute atomic E-state index is 0.0543. The Balaban J connectivity index is 1.01. The smallest absolute Gasteiger partial charge is 0.442 e. The molecule has 1 unspecified atom stereocenters. The minimum Gasteiger partial charge on any atom is -0.490 e. The Morgan fingerprint density at radius 2 is 1.68 bits per heavy atom. The Kier molecular flexibility index (Phi) is 7.11. The third kappa shape index (κ3) is 5.23. The van der Waals surface area contributed by atoms with Gasteiger partial charge < -0.3 is 20.1 Å². The van der Waals surface area contributed by atoms with Gasteiger partial charge in [-0.25, -0.2) is 0 Å². The molecule has 40 heavy (non-hydrogen) atoms. The normalized spacial score (nSPS) is 28.5. The van der Waals surface area contributed by atoms with Crippen molar-refractivity contribution in [1.29, 1.82) is 0 Å². The van der Waals surface area contributed by atoms with Crippen molar-refractivity contribution in [2.75, 3.05) is 20.2 Å². The van der Waals surface area contributed by atoms with Crippen LogP contribution < -0.4 is 10.1 Å². The van der Waals surface area contributed by atoms with Crippen molar-refractivity contribution in [2.24, 2.45) is 33.9 Å². The van der Waals surface area contributed by atoms with E-state index in [4.69, 9.17) is 4.74 Å². The van der Waals surface area contributed by atoms with Crippen LogP contribution in [0.5, 0.6) is 5.75 Å². The number of para-hydroxylation sites is 1. The third-order valence-electron chi connectivity index (χ3n) is 9.25. The largest absolute Gasteiger partial charge is 0.490 e. The van der Waals surface area contributed by atoms with Gasteiger partial charge in [0.25, 0.3) is 5.91 Å². The summed E-state index contributed by atoms with van der Waals surface area (Å²) in [5, 5.41) is 20.0. The summed E-state index contributed by atoms with van der Waals surface area (Å²) in [6.07, 6.45) is 1.42. The fourth-order valence-corrected chi connectivity index (χ4v) is 7.66. The molecule has 214 valence electrons. The lowest BCUT2D eigenvalue weighted by molar-refractivity contribution is -0.166. The molecule has 1 heterocycles. The highest BCUT2D eigenvalue weighted by Gasteiger charge is 2.65. The van der Waals surface area contributed by atoms with Crippen LogP contribution >= 0.6 is 0 Å². The highest BCUT2D eigenvalue weighted by molar-refractivity contribution is 5.96. The molecule has 2 aromatic carbocycles. The van der Waals surface area contributed by atoms with E-state index in [1.54, 1.807) is 24.3 Å². The number of likely N-dealkylation sites (N-methyl/N-ethyl adjacent to an activating group) is 1. The zero-order chi connectivity index (χ0) is 28.1. The van der Waals surface area contributed by atoms with Gasteiger partial charge in [0.2, 0.25) is 0 Å². The number of rotatable bonds is 10. The van der Waals surface area contributed by atoms with Gasteiger partial charge in [-0.1, -0.05) is 36.4 Å². The number of ether oxygens (including phenoxy) is 1. The van der Waals surface area contributed by atoms with Gasteiger partial charge >= 0.3 is 11.8 Å². The van der Waals surface area contributed by atoms with E-state index in [9.17, 15) is 23.1 Å². The number of nitrogens with zero attached hydrogens (tertiary/aromatic N) is 3. The summed E-state index contributed by atoms with van der Waals surface area (Å²) in [5.74, 6) is 3.27. The fourth-order valence-electron chi connectivity index (χ4n) is 7.66. The quantitative estimate of drug-likeness (QED) is 0.416. The molecule has 1 atom stereocenters. The second kappa shape index (κ2) is 10.4. The monoisotopic (exact) mass is 556 g/mol. The molecule has 0 saturated heterocycles. The second-order valence-electron chi connectivity index (χ2n) is 12.1. The highest BCUT2D eigenvalue weighted by atomic mass is 19.4. The molecule has 0 aromatic heterocycles. The van der Waals surface area contributed by atoms with Crippen LogP contribution in [-0.2, 0) is 12.2 Å². The van der Waals surface area contributed by atoms with Crippen molar-refractivity contribution < 1.29 is 27.8 Å². The Hall–Kier alpha value is -2.98. The number of aliphatic hydroxyl groups excluding tert-OH is 1. The summed E-state index contributed by atoms with van der Waals surface area (Å²) < 4.78 is 45.5. The minimum atomic E-state index is -4.58. The number of alkyl halides is 3. The average Bonchev–Trinajstić information content (AvgIpc) is 3.73. The molecule has 7 rings (SSSR count). The van der Waals surface area contributed by atoms with Crippen LogP contribution in [0, 0.1) is 23.7 Å². The molecule has 10 heteroatoms. The number of amides is 1. The van der Waals surface area contributed by atoms with Crippen molar-refractivity contribution >= 4 is 5.91 Å². The first kappa shape index (κ1) is 27.2. The van der Waals surface area contributed by atoms with Crippen molar-refractivity contribution in [1.82, 2.24) is 10.2 Å². The molecule has 4 saturated carbocycles. The number of halogens is 3. The van der Waals surface area contributed by atoms with E-state index in [0.29, 0.717) is 29.5 Å². The summed E-state index contributed by atoms with van der Waals surface area (Å²) in [6.45, 7) is 0.716. The third-order valence-corrected chi connectivity index (χ3v) is 9.25. The molecule has 7 nitrogen and oxygen atoms in total. The number of aliphatic hydroxyl groups is 1. The lowest BCUT2D eigenvalue weighted by atomic mass is 9.54. The van der Waals surface area contributed by atoms with E-state index in [0.717, 1.165) is 23.7 Å². The van der Waals surface area contributed by atoms with Gasteiger partial charge in [-0.15, -0.1) is 10.2 Å². The molecule has 4 bridgehead atoms. The lowest BCUT2D eigenvalue weighted by Gasteiger charge is -2.57. The van der Waals surface area contributed by atoms with E-state index in [2.05, 4.69) is 27.5 Å². The van der Waals surface area contributed by atoms with Gasteiger partial charge in [0.05, 0.1) is 5.56 Å². The number of carbonyl (C=O) groups excluding carboxylic acids is 1. The zero-order valence-electron chi connectivity index (χ0n) is 22.5. The molecule has 0 spiro atoms. The predicted molar refractivity (Wildman–Crippen MR) is 142 cm³/mol. The lowest BCUT2D eigenvalue weighted by Crippen LogP contribution is -2.56. The topological polar surface area (TPSA) is 86.5 Å². The van der Waals surface area contributed by atoms with Crippen LogP contribution in [0.25, 0.3) is 0 Å². The van der Waals surface area contributed by atoms with Gasteiger partial charge in [-0.3, -0.25) is 4.79 Å². The number of hydrogen-bond acceptors (Lipinski definition) is 6. The van der Waals surface area contributed by atoms with Gasteiger partial charge in [0, 0.05) is 24.7 Å². The molecule has 2 aromatic rings. The molecule has 0 radical (unpaired) electrons. The maximum Gasteiger partial charge on any atom is 0.442 e. The van der Waals surface area contributed by atoms with Crippen LogP contribution in [0.15, 0.2) is 58.8 Å². The summed E-state index contributed by atoms with van der Waals surface area (Å²) >= 11 is 0. The Labute approximate surface area is 231 Å². The van der Waals surface area contributed by atoms with Crippen LogP contribution in [0.2, 0.25) is 0 Å². The molecular formula is C30H35F3N4O3. The molecule has 5 aliphatic rings. The molecule has 1 aliphatic heterocycles. The Bertz CT molecular complexity index is 1230. The Morgan fingerprint density at radius 3 is 2.27 bits per heavy atom. The first-order valence-corrected chi connectivity index (χ1v) is 14.1. The number of nitrogens with one attached hydrogen (secondary N) is 1. The fraction of sp³-hybridized carbons (Fsp3) is 0.567. The zero-order valence-corrected chi connectivity index (χ0v) is 22.5. The first-order chi connectivity index (χ1) is 19.1. The van der Waals surface area contributed by atoms with E-state index < -0.39 is 17.9 Å². The van der Waals surface area contributed by atoms with Crippen molar-refractivity contribution in [3.05, 3.63) is 65.2 Å². The maximum atomic E-state index is 13.2. The van der Waals surface area contributed by atoms with Crippen LogP contribution in [0.1, 0.15) is 53.6 Å². The number of carbonyl (C=O) groups is 1. The molecular weight excluding hydrogens is 521 g/mol. The summed E-state index contributed by atoms with van der Waals surface area (Å²) in [6, 6.07) is 13.1. The Morgan fingerprint density at radius 1 is 1.05 bits per heavy atom. The average molecular weight is 557 g/mol. The summed E-state index contributed by atoms with van der Waals surface area (Å²) in [4.78, 5) is 15.3. The predicted octanol–water partition coefficient (Wildman–Crippen LogP) is 5.29. The van der Waals surface area contributed by atoms with E-state index in [1.165, 1.54) is 56.4 Å². The van der Waals surface area contributed by atoms with E-state index in [-0.39, 0.29) is 24.6 Å². The standard InChI is InChI=1S/C30H35F3N4O3/c1-37(27-21-11-19-10-20(13-21)14-22(27)12-19)16-24(38)17-40-26-5-3-2-4-25(26)28(39)34-15-18-6-8-23(9-7-18)29(35-36-29)30(31,32)33/h2-9,19-22,24,27,38H,10-17H2,1H3,(H,34,39). The second-order valence-corrected chi connectivity index (χ2v) is 12.1. The highest BCUT2D eigenvalue weighted by Crippen LogP contribution is 2.55. The van der Waals surface area contributed by atoms with E-state index >= 15 is 0 Å². The van der Waals surface area contributed by atoms with Crippen molar-refractivity contribution in [2.45, 2.75) is 62.6 Å². The molecule has 4 aliphatic carbocycles. The van der Waals surface area contributed by atoms with Gasteiger partial charge in [0.15, 0.2) is 0 Å². The number of benzene rings is 2. The van der Waals surface area contributed by atoms with Crippen molar-refractivity contribution in [3.63, 3.8) is 0 Å². The van der Waals surface area contributed by atoms with Crippen LogP contribution in [0.4, 0.5) is 13.2 Å². The maximum absolute atomic E-state index is 13.2. The van der Waals surface area contributed by atoms with E-state index in [1.807, 2.05) is 0 Å². The van der Waals surface area contributed by atoms with Crippen LogP contribution in [0.3, 0.4) is 0 Å². The molecule has 1 amide bonds. The summed E-state index contributed by atoms with van der Waals surface area (Å²) in [5.41, 5.74) is -1.55.